The summed E-state index contributed by atoms with van der Waals surface area (Å²) in [6.45, 7) is 2.82. The lowest BCUT2D eigenvalue weighted by Crippen LogP contribution is -2.46. The van der Waals surface area contributed by atoms with Crippen LogP contribution in [0.15, 0.2) is 18.2 Å². The van der Waals surface area contributed by atoms with Crippen molar-refractivity contribution in [3.8, 4) is 6.07 Å². The number of nitrogens with one attached hydrogen (secondary N) is 1. The molecule has 0 saturated carbocycles. The van der Waals surface area contributed by atoms with E-state index in [2.05, 4.69) is 11.4 Å². The molecule has 4 heteroatoms. The Morgan fingerprint density at radius 1 is 1.38 bits per heavy atom. The Morgan fingerprint density at radius 3 is 2.95 bits per heavy atom. The number of nitriles is 1. The van der Waals surface area contributed by atoms with E-state index in [1.54, 1.807) is 0 Å². The monoisotopic (exact) mass is 302 g/mol. The first-order valence-corrected chi connectivity index (χ1v) is 8.86. The number of anilines is 1. The molecular formula is C17H22N2OS. The fourth-order valence-corrected chi connectivity index (χ4v) is 4.64. The van der Waals surface area contributed by atoms with Crippen molar-refractivity contribution in [3.05, 3.63) is 29.3 Å². The first-order valence-electron chi connectivity index (χ1n) is 7.70. The van der Waals surface area contributed by atoms with Crippen molar-refractivity contribution in [2.75, 3.05) is 23.4 Å². The van der Waals surface area contributed by atoms with Crippen molar-refractivity contribution in [2.24, 2.45) is 0 Å². The Bertz CT molecular complexity index is 541. The van der Waals surface area contributed by atoms with Crippen molar-refractivity contribution in [1.29, 1.82) is 5.26 Å². The molecule has 0 bridgehead atoms. The number of benzene rings is 1. The number of hydrogen-bond acceptors (Lipinski definition) is 4. The highest BCUT2D eigenvalue weighted by atomic mass is 32.2. The van der Waals surface area contributed by atoms with E-state index in [1.165, 1.54) is 11.5 Å². The lowest BCUT2D eigenvalue weighted by molar-refractivity contribution is -0.0865. The van der Waals surface area contributed by atoms with E-state index in [4.69, 9.17) is 4.74 Å². The maximum absolute atomic E-state index is 9.35. The van der Waals surface area contributed by atoms with Crippen LogP contribution in [0.5, 0.6) is 0 Å². The third-order valence-corrected chi connectivity index (χ3v) is 5.63. The van der Waals surface area contributed by atoms with Gasteiger partial charge in [0.25, 0.3) is 0 Å². The van der Waals surface area contributed by atoms with Crippen molar-refractivity contribution < 1.29 is 4.74 Å². The number of nitrogens with zero attached hydrogens (tertiary/aromatic N) is 1. The quantitative estimate of drug-likeness (QED) is 0.904. The van der Waals surface area contributed by atoms with Gasteiger partial charge in [-0.15, -0.1) is 0 Å². The van der Waals surface area contributed by atoms with Crippen LogP contribution in [0.2, 0.25) is 0 Å². The second-order valence-corrected chi connectivity index (χ2v) is 7.31. The van der Waals surface area contributed by atoms with Crippen LogP contribution < -0.4 is 5.32 Å². The SMILES string of the molecule is Cc1cccc(NC2CCOC3(CCSCC3)C2)c1C#N. The van der Waals surface area contributed by atoms with E-state index in [9.17, 15) is 5.26 Å². The van der Waals surface area contributed by atoms with Crippen LogP contribution in [-0.2, 0) is 4.74 Å². The molecule has 2 saturated heterocycles. The summed E-state index contributed by atoms with van der Waals surface area (Å²) >= 11 is 2.03. The summed E-state index contributed by atoms with van der Waals surface area (Å²) in [5, 5.41) is 13.0. The van der Waals surface area contributed by atoms with Crippen LogP contribution in [0, 0.1) is 18.3 Å². The fourth-order valence-electron chi connectivity index (χ4n) is 3.40. The summed E-state index contributed by atoms with van der Waals surface area (Å²) in [5.41, 5.74) is 2.87. The highest BCUT2D eigenvalue weighted by Gasteiger charge is 2.38. The molecule has 2 aliphatic rings. The molecule has 1 unspecified atom stereocenters. The van der Waals surface area contributed by atoms with Crippen molar-refractivity contribution in [3.63, 3.8) is 0 Å². The Morgan fingerprint density at radius 2 is 2.19 bits per heavy atom. The highest BCUT2D eigenvalue weighted by molar-refractivity contribution is 7.99. The van der Waals surface area contributed by atoms with Gasteiger partial charge in [-0.1, -0.05) is 12.1 Å². The molecule has 0 amide bonds. The molecule has 1 spiro atoms. The molecule has 0 radical (unpaired) electrons. The van der Waals surface area contributed by atoms with Crippen LogP contribution in [0.4, 0.5) is 5.69 Å². The first kappa shape index (κ1) is 14.7. The molecule has 21 heavy (non-hydrogen) atoms. The second kappa shape index (κ2) is 6.29. The fraction of sp³-hybridized carbons (Fsp3) is 0.588. The molecule has 1 aromatic carbocycles. The summed E-state index contributed by atoms with van der Waals surface area (Å²) in [5.74, 6) is 2.42. The molecule has 112 valence electrons. The average Bonchev–Trinajstić information content (AvgIpc) is 2.48. The number of hydrogen-bond donors (Lipinski definition) is 1. The number of rotatable bonds is 2. The van der Waals surface area contributed by atoms with Gasteiger partial charge in [-0.05, 0) is 55.7 Å². The third-order valence-electron chi connectivity index (χ3n) is 4.64. The lowest BCUT2D eigenvalue weighted by atomic mass is 9.85. The minimum Gasteiger partial charge on any atom is -0.381 e. The van der Waals surface area contributed by atoms with Gasteiger partial charge in [0, 0.05) is 12.6 Å². The van der Waals surface area contributed by atoms with Gasteiger partial charge >= 0.3 is 0 Å². The molecule has 1 N–H and O–H groups in total. The highest BCUT2D eigenvalue weighted by Crippen LogP contribution is 2.38. The molecule has 1 aromatic rings. The topological polar surface area (TPSA) is 45.0 Å². The predicted octanol–water partition coefficient (Wildman–Crippen LogP) is 3.72. The van der Waals surface area contributed by atoms with E-state index in [0.29, 0.717) is 6.04 Å². The minimum absolute atomic E-state index is 0.0811. The van der Waals surface area contributed by atoms with Gasteiger partial charge in [-0.3, -0.25) is 0 Å². The smallest absolute Gasteiger partial charge is 0.102 e. The summed E-state index contributed by atoms with van der Waals surface area (Å²) in [4.78, 5) is 0. The summed E-state index contributed by atoms with van der Waals surface area (Å²) in [6, 6.07) is 8.77. The standard InChI is InChI=1S/C17H22N2OS/c1-13-3-2-4-16(15(13)12-18)19-14-5-8-20-17(11-14)6-9-21-10-7-17/h2-4,14,19H,5-11H2,1H3. The normalized spacial score (nSPS) is 24.5. The Hall–Kier alpha value is -1.18. The van der Waals surface area contributed by atoms with Gasteiger partial charge in [0.15, 0.2) is 0 Å². The maximum Gasteiger partial charge on any atom is 0.102 e. The van der Waals surface area contributed by atoms with Gasteiger partial charge in [0.05, 0.1) is 16.9 Å². The Labute approximate surface area is 131 Å². The zero-order valence-corrected chi connectivity index (χ0v) is 13.3. The molecule has 2 heterocycles. The van der Waals surface area contributed by atoms with Gasteiger partial charge < -0.3 is 10.1 Å². The number of thioether (sulfide) groups is 1. The largest absolute Gasteiger partial charge is 0.381 e. The average molecular weight is 302 g/mol. The molecule has 2 fully saturated rings. The summed E-state index contributed by atoms with van der Waals surface area (Å²) in [7, 11) is 0. The van der Waals surface area contributed by atoms with Crippen molar-refractivity contribution in [1.82, 2.24) is 0 Å². The first-order chi connectivity index (χ1) is 10.2. The minimum atomic E-state index is 0.0811. The second-order valence-electron chi connectivity index (χ2n) is 6.09. The van der Waals surface area contributed by atoms with E-state index in [-0.39, 0.29) is 5.60 Å². The van der Waals surface area contributed by atoms with E-state index < -0.39 is 0 Å². The molecule has 2 aliphatic heterocycles. The van der Waals surface area contributed by atoms with Gasteiger partial charge in [-0.2, -0.15) is 17.0 Å². The van der Waals surface area contributed by atoms with Gasteiger partial charge in [-0.25, -0.2) is 0 Å². The zero-order valence-electron chi connectivity index (χ0n) is 12.5. The van der Waals surface area contributed by atoms with Crippen LogP contribution in [0.3, 0.4) is 0 Å². The van der Waals surface area contributed by atoms with E-state index in [0.717, 1.165) is 49.1 Å². The Balaban J connectivity index is 1.73. The zero-order chi connectivity index (χ0) is 14.7. The predicted molar refractivity (Wildman–Crippen MR) is 87.8 cm³/mol. The van der Waals surface area contributed by atoms with Crippen LogP contribution in [0.25, 0.3) is 0 Å². The number of ether oxygens (including phenoxy) is 1. The molecule has 1 atom stereocenters. The van der Waals surface area contributed by atoms with E-state index >= 15 is 0 Å². The van der Waals surface area contributed by atoms with Gasteiger partial charge in [0.1, 0.15) is 6.07 Å². The van der Waals surface area contributed by atoms with Crippen LogP contribution in [0.1, 0.15) is 36.8 Å². The van der Waals surface area contributed by atoms with Crippen molar-refractivity contribution in [2.45, 2.75) is 44.2 Å². The van der Waals surface area contributed by atoms with Crippen LogP contribution in [-0.4, -0.2) is 29.8 Å². The maximum atomic E-state index is 9.35. The third kappa shape index (κ3) is 3.20. The Kier molecular flexibility index (Phi) is 4.42. The molecule has 3 nitrogen and oxygen atoms in total. The van der Waals surface area contributed by atoms with Crippen molar-refractivity contribution >= 4 is 17.4 Å². The lowest BCUT2D eigenvalue weighted by Gasteiger charge is -2.43. The van der Waals surface area contributed by atoms with Gasteiger partial charge in [0.2, 0.25) is 0 Å². The van der Waals surface area contributed by atoms with E-state index in [1.807, 2.05) is 36.9 Å². The molecule has 3 rings (SSSR count). The van der Waals surface area contributed by atoms with Crippen LogP contribution >= 0.6 is 11.8 Å². The number of aryl methyl sites for hydroxylation is 1. The summed E-state index contributed by atoms with van der Waals surface area (Å²) < 4.78 is 6.14. The molecular weight excluding hydrogens is 280 g/mol. The molecule has 0 aliphatic carbocycles. The summed E-state index contributed by atoms with van der Waals surface area (Å²) in [6.07, 6.45) is 4.41. The molecule has 0 aromatic heterocycles.